The van der Waals surface area contributed by atoms with Crippen LogP contribution in [0.3, 0.4) is 0 Å². The summed E-state index contributed by atoms with van der Waals surface area (Å²) in [6.07, 6.45) is 2.56. The quantitative estimate of drug-likeness (QED) is 0.866. The number of thiazole rings is 1. The normalized spacial score (nSPS) is 10.5. The molecule has 0 unspecified atom stereocenters. The molecule has 0 atom stereocenters. The summed E-state index contributed by atoms with van der Waals surface area (Å²) in [6.45, 7) is 0.596. The molecule has 1 aromatic carbocycles. The van der Waals surface area contributed by atoms with Gasteiger partial charge in [0, 0.05) is 16.6 Å². The van der Waals surface area contributed by atoms with Crippen LogP contribution in [0.25, 0.3) is 10.6 Å². The van der Waals surface area contributed by atoms with Crippen LogP contribution in [0.4, 0.5) is 4.39 Å². The highest BCUT2D eigenvalue weighted by Gasteiger charge is 2.08. The van der Waals surface area contributed by atoms with Gasteiger partial charge in [-0.3, -0.25) is 0 Å². The Morgan fingerprint density at radius 3 is 2.87 bits per heavy atom. The van der Waals surface area contributed by atoms with Gasteiger partial charge in [0.25, 0.3) is 0 Å². The van der Waals surface area contributed by atoms with Crippen molar-refractivity contribution in [3.05, 3.63) is 41.2 Å². The van der Waals surface area contributed by atoms with Crippen molar-refractivity contribution in [3.8, 4) is 10.6 Å². The summed E-state index contributed by atoms with van der Waals surface area (Å²) in [6, 6.07) is 6.66. The molecule has 15 heavy (non-hydrogen) atoms. The summed E-state index contributed by atoms with van der Waals surface area (Å²) >= 11 is 1.49. The zero-order chi connectivity index (χ0) is 10.7. The Morgan fingerprint density at radius 2 is 2.13 bits per heavy atom. The van der Waals surface area contributed by atoms with Crippen LogP contribution in [0.15, 0.2) is 30.5 Å². The highest BCUT2D eigenvalue weighted by molar-refractivity contribution is 7.15. The molecule has 0 radical (unpaired) electrons. The summed E-state index contributed by atoms with van der Waals surface area (Å²) in [5.74, 6) is -0.230. The van der Waals surface area contributed by atoms with Crippen molar-refractivity contribution in [2.24, 2.45) is 5.73 Å². The third kappa shape index (κ3) is 2.22. The van der Waals surface area contributed by atoms with E-state index in [0.29, 0.717) is 12.1 Å². The number of hydrogen-bond acceptors (Lipinski definition) is 3. The van der Waals surface area contributed by atoms with Gasteiger partial charge in [-0.05, 0) is 25.1 Å². The molecule has 0 aliphatic rings. The lowest BCUT2D eigenvalue weighted by Gasteiger charge is -1.96. The lowest BCUT2D eigenvalue weighted by molar-refractivity contribution is 0.631. The van der Waals surface area contributed by atoms with E-state index in [1.54, 1.807) is 18.3 Å². The number of nitrogens with zero attached hydrogens (tertiary/aromatic N) is 1. The summed E-state index contributed by atoms with van der Waals surface area (Å²) in [5, 5.41) is 0.719. The Balaban J connectivity index is 2.33. The average molecular weight is 222 g/mol. The van der Waals surface area contributed by atoms with Gasteiger partial charge in [-0.25, -0.2) is 9.37 Å². The van der Waals surface area contributed by atoms with Crippen LogP contribution in [0.5, 0.6) is 0 Å². The van der Waals surface area contributed by atoms with E-state index in [1.165, 1.54) is 17.4 Å². The second kappa shape index (κ2) is 4.51. The molecule has 1 heterocycles. The van der Waals surface area contributed by atoms with E-state index < -0.39 is 0 Å². The number of hydrogen-bond donors (Lipinski definition) is 1. The molecule has 4 heteroatoms. The molecule has 2 N–H and O–H groups in total. The van der Waals surface area contributed by atoms with Gasteiger partial charge in [0.1, 0.15) is 10.8 Å². The minimum absolute atomic E-state index is 0.230. The maximum atomic E-state index is 13.4. The molecule has 2 aromatic rings. The number of rotatable bonds is 3. The maximum Gasteiger partial charge on any atom is 0.133 e. The van der Waals surface area contributed by atoms with Crippen LogP contribution in [0.1, 0.15) is 4.88 Å². The third-order valence-electron chi connectivity index (χ3n) is 2.05. The van der Waals surface area contributed by atoms with Gasteiger partial charge in [0.05, 0.1) is 0 Å². The molecule has 1 aromatic heterocycles. The fourth-order valence-corrected chi connectivity index (χ4v) is 2.28. The van der Waals surface area contributed by atoms with Crippen molar-refractivity contribution in [1.29, 1.82) is 0 Å². The first-order valence-electron chi connectivity index (χ1n) is 4.71. The first kappa shape index (κ1) is 10.3. The van der Waals surface area contributed by atoms with Gasteiger partial charge in [0.2, 0.25) is 0 Å². The van der Waals surface area contributed by atoms with Crippen molar-refractivity contribution in [3.63, 3.8) is 0 Å². The van der Waals surface area contributed by atoms with E-state index in [-0.39, 0.29) is 5.82 Å². The Kier molecular flexibility index (Phi) is 3.08. The van der Waals surface area contributed by atoms with Crippen molar-refractivity contribution in [1.82, 2.24) is 4.98 Å². The van der Waals surface area contributed by atoms with Crippen LogP contribution in [0, 0.1) is 5.82 Å². The Bertz CT molecular complexity index is 453. The van der Waals surface area contributed by atoms with Gasteiger partial charge in [0.15, 0.2) is 0 Å². The second-order valence-electron chi connectivity index (χ2n) is 3.15. The lowest BCUT2D eigenvalue weighted by atomic mass is 10.2. The lowest BCUT2D eigenvalue weighted by Crippen LogP contribution is -2.00. The van der Waals surface area contributed by atoms with Crippen molar-refractivity contribution in [2.45, 2.75) is 6.42 Å². The first-order chi connectivity index (χ1) is 7.31. The summed E-state index contributed by atoms with van der Waals surface area (Å²) in [4.78, 5) is 5.28. The summed E-state index contributed by atoms with van der Waals surface area (Å²) in [7, 11) is 0. The molecule has 0 aliphatic heterocycles. The predicted molar refractivity (Wildman–Crippen MR) is 60.3 cm³/mol. The molecule has 78 valence electrons. The van der Waals surface area contributed by atoms with E-state index in [4.69, 9.17) is 5.73 Å². The number of aromatic nitrogens is 1. The number of halogens is 1. The summed E-state index contributed by atoms with van der Waals surface area (Å²) < 4.78 is 13.4. The average Bonchev–Trinajstić information content (AvgIpc) is 2.68. The van der Waals surface area contributed by atoms with Gasteiger partial charge in [-0.1, -0.05) is 12.1 Å². The molecule has 0 bridgehead atoms. The monoisotopic (exact) mass is 222 g/mol. The maximum absolute atomic E-state index is 13.4. The summed E-state index contributed by atoms with van der Waals surface area (Å²) in [5.41, 5.74) is 6.00. The van der Waals surface area contributed by atoms with Crippen molar-refractivity contribution < 1.29 is 4.39 Å². The van der Waals surface area contributed by atoms with Crippen LogP contribution in [-0.4, -0.2) is 11.5 Å². The Hall–Kier alpha value is -1.26. The van der Waals surface area contributed by atoms with E-state index in [2.05, 4.69) is 4.98 Å². The minimum atomic E-state index is -0.230. The third-order valence-corrected chi connectivity index (χ3v) is 3.14. The van der Waals surface area contributed by atoms with Crippen LogP contribution >= 0.6 is 11.3 Å². The highest BCUT2D eigenvalue weighted by atomic mass is 32.1. The molecular weight excluding hydrogens is 211 g/mol. The van der Waals surface area contributed by atoms with Gasteiger partial charge < -0.3 is 5.73 Å². The predicted octanol–water partition coefficient (Wildman–Crippen LogP) is 2.45. The minimum Gasteiger partial charge on any atom is -0.330 e. The molecule has 2 nitrogen and oxygen atoms in total. The molecule has 0 saturated carbocycles. The Morgan fingerprint density at radius 1 is 1.33 bits per heavy atom. The molecule has 0 spiro atoms. The zero-order valence-electron chi connectivity index (χ0n) is 8.11. The van der Waals surface area contributed by atoms with Crippen LogP contribution in [0.2, 0.25) is 0 Å². The highest BCUT2D eigenvalue weighted by Crippen LogP contribution is 2.27. The van der Waals surface area contributed by atoms with E-state index in [1.807, 2.05) is 6.07 Å². The van der Waals surface area contributed by atoms with E-state index in [0.717, 1.165) is 16.3 Å². The fraction of sp³-hybridized carbons (Fsp3) is 0.182. The molecular formula is C11H11FN2S. The molecule has 0 fully saturated rings. The first-order valence-corrected chi connectivity index (χ1v) is 5.52. The molecule has 0 saturated heterocycles. The van der Waals surface area contributed by atoms with Gasteiger partial charge >= 0.3 is 0 Å². The number of benzene rings is 1. The van der Waals surface area contributed by atoms with E-state index >= 15 is 0 Å². The molecule has 2 rings (SSSR count). The van der Waals surface area contributed by atoms with Gasteiger partial charge in [-0.2, -0.15) is 0 Å². The SMILES string of the molecule is NCCc1cnc(-c2ccccc2F)s1. The van der Waals surface area contributed by atoms with Crippen molar-refractivity contribution >= 4 is 11.3 Å². The van der Waals surface area contributed by atoms with E-state index in [9.17, 15) is 4.39 Å². The smallest absolute Gasteiger partial charge is 0.133 e. The molecule has 0 amide bonds. The van der Waals surface area contributed by atoms with Crippen LogP contribution < -0.4 is 5.73 Å². The van der Waals surface area contributed by atoms with Gasteiger partial charge in [-0.15, -0.1) is 11.3 Å². The second-order valence-corrected chi connectivity index (χ2v) is 4.27. The van der Waals surface area contributed by atoms with Crippen LogP contribution in [-0.2, 0) is 6.42 Å². The standard InChI is InChI=1S/C11H11FN2S/c12-10-4-2-1-3-9(10)11-14-7-8(15-11)5-6-13/h1-4,7H,5-6,13H2. The zero-order valence-corrected chi connectivity index (χ0v) is 8.93. The van der Waals surface area contributed by atoms with Crippen molar-refractivity contribution in [2.75, 3.05) is 6.54 Å². The topological polar surface area (TPSA) is 38.9 Å². The molecule has 0 aliphatic carbocycles. The largest absolute Gasteiger partial charge is 0.330 e. The Labute approximate surface area is 91.6 Å². The fourth-order valence-electron chi connectivity index (χ4n) is 1.32. The number of nitrogens with two attached hydrogens (primary N) is 1.